The molecule has 3 aromatic rings. The molecule has 0 aliphatic carbocycles. The molecule has 0 aromatic heterocycles. The number of likely N-dealkylation sites (N-methyl/N-ethyl adjacent to an activating group) is 3. The van der Waals surface area contributed by atoms with Crippen molar-refractivity contribution in [3.63, 3.8) is 0 Å². The molecule has 3 aromatic carbocycles. The predicted molar refractivity (Wildman–Crippen MR) is 187 cm³/mol. The van der Waals surface area contributed by atoms with Gasteiger partial charge < -0.3 is 25.2 Å². The van der Waals surface area contributed by atoms with Crippen LogP contribution < -0.4 is 10.6 Å². The van der Waals surface area contributed by atoms with E-state index in [4.69, 9.17) is 4.74 Å². The van der Waals surface area contributed by atoms with Crippen molar-refractivity contribution in [1.82, 2.24) is 20.4 Å². The van der Waals surface area contributed by atoms with Gasteiger partial charge in [0.1, 0.15) is 17.7 Å². The molecule has 0 spiro atoms. The number of nitrogens with one attached hydrogen (secondary N) is 2. The van der Waals surface area contributed by atoms with Gasteiger partial charge in [-0.1, -0.05) is 78.4 Å². The van der Waals surface area contributed by atoms with Crippen LogP contribution in [0.2, 0.25) is 0 Å². The minimum absolute atomic E-state index is 0.251. The van der Waals surface area contributed by atoms with E-state index in [1.165, 1.54) is 15.9 Å². The second-order valence-corrected chi connectivity index (χ2v) is 13.8. The van der Waals surface area contributed by atoms with Crippen molar-refractivity contribution in [2.24, 2.45) is 0 Å². The standard InChI is InChI=1S/C38H50N4O5/c1-26(25-38(5,6)40-36(46)47-37(2,3)4)21-33(43)41(8)32(24-28-19-20-29-17-13-14-18-30(29)22-28)35(45)42(9)31(34(44)39-7)23-27-15-11-10-12-16-27/h10-22,31-32H,23-25H2,1-9H3,(H,39,44)(H,40,46)/b26-21+. The number of rotatable bonds is 12. The van der Waals surface area contributed by atoms with Crippen LogP contribution in [-0.4, -0.2) is 78.0 Å². The third-order valence-electron chi connectivity index (χ3n) is 7.91. The molecule has 2 unspecified atom stereocenters. The van der Waals surface area contributed by atoms with Crippen LogP contribution in [0.5, 0.6) is 0 Å². The lowest BCUT2D eigenvalue weighted by Gasteiger charge is -2.34. The molecular weight excluding hydrogens is 592 g/mol. The summed E-state index contributed by atoms with van der Waals surface area (Å²) in [5, 5.41) is 7.67. The Balaban J connectivity index is 1.91. The van der Waals surface area contributed by atoms with E-state index in [0.717, 1.165) is 27.5 Å². The van der Waals surface area contributed by atoms with Crippen LogP contribution in [0.3, 0.4) is 0 Å². The van der Waals surface area contributed by atoms with Gasteiger partial charge in [0.25, 0.3) is 0 Å². The molecule has 47 heavy (non-hydrogen) atoms. The summed E-state index contributed by atoms with van der Waals surface area (Å²) in [6.45, 7) is 10.9. The largest absolute Gasteiger partial charge is 0.444 e. The number of alkyl carbamates (subject to hydrolysis) is 1. The molecule has 2 atom stereocenters. The third-order valence-corrected chi connectivity index (χ3v) is 7.91. The minimum atomic E-state index is -0.895. The summed E-state index contributed by atoms with van der Waals surface area (Å²) >= 11 is 0. The first-order valence-electron chi connectivity index (χ1n) is 15.9. The van der Waals surface area contributed by atoms with Crippen molar-refractivity contribution in [2.45, 2.75) is 84.0 Å². The molecule has 4 amide bonds. The highest BCUT2D eigenvalue weighted by Gasteiger charge is 2.35. The Kier molecular flexibility index (Phi) is 12.3. The fourth-order valence-electron chi connectivity index (χ4n) is 5.62. The second kappa shape index (κ2) is 15.8. The number of ether oxygens (including phenoxy) is 1. The number of hydrogen-bond acceptors (Lipinski definition) is 5. The van der Waals surface area contributed by atoms with Crippen molar-refractivity contribution < 1.29 is 23.9 Å². The van der Waals surface area contributed by atoms with E-state index < -0.39 is 29.3 Å². The van der Waals surface area contributed by atoms with Crippen LogP contribution >= 0.6 is 0 Å². The second-order valence-electron chi connectivity index (χ2n) is 13.8. The Morgan fingerprint density at radius 3 is 2.00 bits per heavy atom. The molecule has 0 aliphatic rings. The van der Waals surface area contributed by atoms with Crippen LogP contribution in [0.1, 0.15) is 59.1 Å². The lowest BCUT2D eigenvalue weighted by molar-refractivity contribution is -0.146. The molecule has 9 heteroatoms. The Morgan fingerprint density at radius 1 is 0.787 bits per heavy atom. The van der Waals surface area contributed by atoms with E-state index in [-0.39, 0.29) is 24.1 Å². The highest BCUT2D eigenvalue weighted by atomic mass is 16.6. The van der Waals surface area contributed by atoms with Crippen molar-refractivity contribution in [2.75, 3.05) is 21.1 Å². The Labute approximate surface area is 279 Å². The zero-order valence-corrected chi connectivity index (χ0v) is 29.2. The van der Waals surface area contributed by atoms with E-state index in [1.807, 2.05) is 93.6 Å². The maximum Gasteiger partial charge on any atom is 0.408 e. The normalized spacial score (nSPS) is 13.3. The number of benzene rings is 3. The highest BCUT2D eigenvalue weighted by molar-refractivity contribution is 5.95. The van der Waals surface area contributed by atoms with Gasteiger partial charge in [0.2, 0.25) is 17.7 Å². The number of amides is 4. The molecule has 0 aliphatic heterocycles. The van der Waals surface area contributed by atoms with Gasteiger partial charge in [-0.3, -0.25) is 14.4 Å². The summed E-state index contributed by atoms with van der Waals surface area (Å²) in [5.41, 5.74) is 1.19. The monoisotopic (exact) mass is 642 g/mol. The molecule has 252 valence electrons. The highest BCUT2D eigenvalue weighted by Crippen LogP contribution is 2.22. The predicted octanol–water partition coefficient (Wildman–Crippen LogP) is 5.66. The molecule has 0 radical (unpaired) electrons. The first kappa shape index (κ1) is 36.8. The number of fused-ring (bicyclic) bond motifs is 1. The average Bonchev–Trinajstić information content (AvgIpc) is 2.99. The first-order chi connectivity index (χ1) is 22.0. The van der Waals surface area contributed by atoms with Crippen molar-refractivity contribution in [1.29, 1.82) is 0 Å². The van der Waals surface area contributed by atoms with E-state index in [9.17, 15) is 19.2 Å². The molecule has 3 rings (SSSR count). The molecule has 0 bridgehead atoms. The van der Waals surface area contributed by atoms with Crippen LogP contribution in [0.4, 0.5) is 4.79 Å². The first-order valence-corrected chi connectivity index (χ1v) is 15.9. The third kappa shape index (κ3) is 11.0. The van der Waals surface area contributed by atoms with Gasteiger partial charge in [-0.25, -0.2) is 4.79 Å². The summed E-state index contributed by atoms with van der Waals surface area (Å²) in [6, 6.07) is 21.8. The Bertz CT molecular complexity index is 1590. The number of nitrogens with zero attached hydrogens (tertiary/aromatic N) is 2. The SMILES string of the molecule is CNC(=O)C(Cc1ccccc1)N(C)C(=O)C(Cc1ccc2ccccc2c1)N(C)C(=O)/C=C(\C)CC(C)(C)NC(=O)OC(C)(C)C. The minimum Gasteiger partial charge on any atom is -0.444 e. The number of hydrogen-bond donors (Lipinski definition) is 2. The summed E-state index contributed by atoms with van der Waals surface area (Å²) in [6.07, 6.45) is 1.91. The number of carbonyl (C=O) groups excluding carboxylic acids is 4. The quantitative estimate of drug-likeness (QED) is 0.248. The molecule has 9 nitrogen and oxygen atoms in total. The van der Waals surface area contributed by atoms with Crippen molar-refractivity contribution in [3.8, 4) is 0 Å². The van der Waals surface area contributed by atoms with E-state index in [1.54, 1.807) is 41.9 Å². The lowest BCUT2D eigenvalue weighted by Crippen LogP contribution is -2.55. The van der Waals surface area contributed by atoms with Crippen LogP contribution in [0.15, 0.2) is 84.4 Å². The van der Waals surface area contributed by atoms with E-state index in [2.05, 4.69) is 10.6 Å². The zero-order valence-electron chi connectivity index (χ0n) is 29.2. The molecule has 0 saturated heterocycles. The van der Waals surface area contributed by atoms with Gasteiger partial charge in [-0.2, -0.15) is 0 Å². The van der Waals surface area contributed by atoms with Gasteiger partial charge in [0.15, 0.2) is 0 Å². The van der Waals surface area contributed by atoms with Gasteiger partial charge in [0.05, 0.1) is 0 Å². The summed E-state index contributed by atoms with van der Waals surface area (Å²) in [7, 11) is 4.77. The lowest BCUT2D eigenvalue weighted by atomic mass is 9.95. The summed E-state index contributed by atoms with van der Waals surface area (Å²) in [5.74, 6) is -1.00. The molecule has 0 fully saturated rings. The van der Waals surface area contributed by atoms with E-state index in [0.29, 0.717) is 12.8 Å². The maximum absolute atomic E-state index is 14.3. The average molecular weight is 643 g/mol. The van der Waals surface area contributed by atoms with E-state index >= 15 is 0 Å². The van der Waals surface area contributed by atoms with Gasteiger partial charge >= 0.3 is 6.09 Å². The van der Waals surface area contributed by atoms with Crippen molar-refractivity contribution in [3.05, 3.63) is 95.6 Å². The zero-order chi connectivity index (χ0) is 34.9. The molecule has 0 saturated carbocycles. The number of carbonyl (C=O) groups is 4. The Morgan fingerprint density at radius 2 is 1.38 bits per heavy atom. The topological polar surface area (TPSA) is 108 Å². The van der Waals surface area contributed by atoms with Gasteiger partial charge in [-0.05, 0) is 69.9 Å². The summed E-state index contributed by atoms with van der Waals surface area (Å²) < 4.78 is 5.40. The van der Waals surface area contributed by atoms with Gasteiger partial charge in [-0.15, -0.1) is 0 Å². The maximum atomic E-state index is 14.3. The van der Waals surface area contributed by atoms with Crippen LogP contribution in [-0.2, 0) is 32.0 Å². The Hall–Kier alpha value is -4.66. The molecular formula is C38H50N4O5. The fraction of sp³-hybridized carbons (Fsp3) is 0.421. The molecule has 2 N–H and O–H groups in total. The molecule has 0 heterocycles. The smallest absolute Gasteiger partial charge is 0.408 e. The van der Waals surface area contributed by atoms with Gasteiger partial charge in [0, 0.05) is 45.6 Å². The van der Waals surface area contributed by atoms with Crippen LogP contribution in [0.25, 0.3) is 10.8 Å². The fourth-order valence-corrected chi connectivity index (χ4v) is 5.62. The van der Waals surface area contributed by atoms with Crippen LogP contribution in [0, 0.1) is 0 Å². The van der Waals surface area contributed by atoms with Crippen molar-refractivity contribution >= 4 is 34.6 Å². The summed E-state index contributed by atoms with van der Waals surface area (Å²) in [4.78, 5) is 56.5.